The van der Waals surface area contributed by atoms with E-state index >= 15 is 0 Å². The maximum Gasteiger partial charge on any atom is 0.532 e. The Hall–Kier alpha value is -0.805. The highest BCUT2D eigenvalue weighted by Crippen LogP contribution is 2.29. The Morgan fingerprint density at radius 3 is 2.57 bits per heavy atom. The van der Waals surface area contributed by atoms with Gasteiger partial charge in [-0.1, -0.05) is 12.8 Å². The van der Waals surface area contributed by atoms with Crippen LogP contribution in [-0.2, 0) is 9.31 Å². The molecular weight excluding hydrogens is 179 g/mol. The molecule has 1 saturated carbocycles. The number of nitrogens with one attached hydrogen (secondary N) is 1. The van der Waals surface area contributed by atoms with E-state index in [0.717, 1.165) is 18.6 Å². The van der Waals surface area contributed by atoms with E-state index < -0.39 is 0 Å². The van der Waals surface area contributed by atoms with E-state index in [1.54, 1.807) is 12.4 Å². The fourth-order valence-corrected chi connectivity index (χ4v) is 2.26. The van der Waals surface area contributed by atoms with Gasteiger partial charge in [-0.05, 0) is 12.8 Å². The lowest BCUT2D eigenvalue weighted by molar-refractivity contribution is 0.110. The molecule has 74 valence electrons. The quantitative estimate of drug-likeness (QED) is 0.657. The molecule has 4 nitrogen and oxygen atoms in total. The standard InChI is InChI=1S/C9H13BN2O2/c1-2-4-8-7(3-1)13-10(14-8)9-11-5-6-12-9/h5-8H,1-4H2,(H,11,12)/t7-,8+. The van der Waals surface area contributed by atoms with Crippen LogP contribution in [0.1, 0.15) is 25.7 Å². The molecule has 0 amide bonds. The molecule has 0 bridgehead atoms. The van der Waals surface area contributed by atoms with E-state index in [9.17, 15) is 0 Å². The van der Waals surface area contributed by atoms with Crippen molar-refractivity contribution < 1.29 is 9.31 Å². The van der Waals surface area contributed by atoms with Gasteiger partial charge in [0, 0.05) is 12.4 Å². The summed E-state index contributed by atoms with van der Waals surface area (Å²) in [5.74, 6) is 0. The van der Waals surface area contributed by atoms with Crippen molar-refractivity contribution in [3.05, 3.63) is 12.4 Å². The van der Waals surface area contributed by atoms with E-state index in [4.69, 9.17) is 9.31 Å². The summed E-state index contributed by atoms with van der Waals surface area (Å²) in [7, 11) is -0.266. The molecule has 1 aromatic rings. The highest BCUT2D eigenvalue weighted by Gasteiger charge is 2.43. The van der Waals surface area contributed by atoms with E-state index in [1.807, 2.05) is 0 Å². The Labute approximate surface area is 83.2 Å². The molecule has 2 aliphatic rings. The summed E-state index contributed by atoms with van der Waals surface area (Å²) in [5.41, 5.74) is 0.791. The van der Waals surface area contributed by atoms with Crippen LogP contribution in [-0.4, -0.2) is 29.3 Å². The fourth-order valence-electron chi connectivity index (χ4n) is 2.26. The van der Waals surface area contributed by atoms with Gasteiger partial charge in [0.05, 0.1) is 12.2 Å². The predicted molar refractivity (Wildman–Crippen MR) is 52.2 cm³/mol. The van der Waals surface area contributed by atoms with Crippen molar-refractivity contribution in [1.82, 2.24) is 9.97 Å². The van der Waals surface area contributed by atoms with Crippen molar-refractivity contribution in [3.8, 4) is 0 Å². The lowest BCUT2D eigenvalue weighted by Crippen LogP contribution is -2.35. The normalized spacial score (nSPS) is 31.9. The molecule has 1 N–H and O–H groups in total. The van der Waals surface area contributed by atoms with Crippen LogP contribution in [0.5, 0.6) is 0 Å². The molecule has 5 heteroatoms. The van der Waals surface area contributed by atoms with Crippen molar-refractivity contribution in [2.24, 2.45) is 0 Å². The maximum atomic E-state index is 5.79. The topological polar surface area (TPSA) is 47.1 Å². The third-order valence-electron chi connectivity index (χ3n) is 2.98. The minimum atomic E-state index is -0.266. The third kappa shape index (κ3) is 1.37. The van der Waals surface area contributed by atoms with E-state index in [-0.39, 0.29) is 7.12 Å². The zero-order valence-electron chi connectivity index (χ0n) is 7.98. The molecule has 0 spiro atoms. The molecule has 2 fully saturated rings. The van der Waals surface area contributed by atoms with Gasteiger partial charge >= 0.3 is 7.12 Å². The average molecular weight is 192 g/mol. The molecule has 1 aliphatic carbocycles. The van der Waals surface area contributed by atoms with Gasteiger partial charge in [0.1, 0.15) is 5.72 Å². The second-order valence-electron chi connectivity index (χ2n) is 3.94. The second-order valence-corrected chi connectivity index (χ2v) is 3.94. The number of aromatic amines is 1. The number of imidazole rings is 1. The number of rotatable bonds is 1. The van der Waals surface area contributed by atoms with Crippen LogP contribution >= 0.6 is 0 Å². The van der Waals surface area contributed by atoms with Crippen molar-refractivity contribution in [2.45, 2.75) is 37.9 Å². The molecule has 3 rings (SSSR count). The summed E-state index contributed by atoms with van der Waals surface area (Å²) in [6, 6.07) is 0. The van der Waals surface area contributed by atoms with Crippen LogP contribution in [0.15, 0.2) is 12.4 Å². The number of H-pyrrole nitrogens is 1. The summed E-state index contributed by atoms with van der Waals surface area (Å²) >= 11 is 0. The van der Waals surface area contributed by atoms with Crippen LogP contribution < -0.4 is 5.72 Å². The molecule has 2 heterocycles. The molecule has 1 saturated heterocycles. The number of hydrogen-bond donors (Lipinski definition) is 1. The first kappa shape index (κ1) is 8.50. The summed E-state index contributed by atoms with van der Waals surface area (Å²) in [5, 5.41) is 0. The highest BCUT2D eigenvalue weighted by atomic mass is 16.7. The van der Waals surface area contributed by atoms with Gasteiger partial charge in [0.15, 0.2) is 0 Å². The number of hydrogen-bond acceptors (Lipinski definition) is 3. The first-order chi connectivity index (χ1) is 6.93. The van der Waals surface area contributed by atoms with Gasteiger partial charge in [0.25, 0.3) is 0 Å². The smallest absolute Gasteiger partial charge is 0.400 e. The van der Waals surface area contributed by atoms with Gasteiger partial charge in [-0.15, -0.1) is 0 Å². The Bertz CT molecular complexity index is 290. The predicted octanol–water partition coefficient (Wildman–Crippen LogP) is 0.463. The monoisotopic (exact) mass is 192 g/mol. The van der Waals surface area contributed by atoms with Crippen molar-refractivity contribution in [3.63, 3.8) is 0 Å². The van der Waals surface area contributed by atoms with Gasteiger partial charge in [-0.25, -0.2) is 4.98 Å². The van der Waals surface area contributed by atoms with E-state index in [0.29, 0.717) is 12.2 Å². The minimum absolute atomic E-state index is 0.266. The largest absolute Gasteiger partial charge is 0.532 e. The summed E-state index contributed by atoms with van der Waals surface area (Å²) < 4.78 is 11.6. The first-order valence-electron chi connectivity index (χ1n) is 5.24. The Morgan fingerprint density at radius 2 is 2.00 bits per heavy atom. The lowest BCUT2D eigenvalue weighted by atomic mass is 9.90. The molecule has 2 atom stereocenters. The zero-order valence-corrected chi connectivity index (χ0v) is 7.98. The molecule has 0 unspecified atom stereocenters. The van der Waals surface area contributed by atoms with Crippen LogP contribution in [0.3, 0.4) is 0 Å². The van der Waals surface area contributed by atoms with E-state index in [1.165, 1.54) is 12.8 Å². The van der Waals surface area contributed by atoms with Crippen molar-refractivity contribution in [2.75, 3.05) is 0 Å². The Kier molecular flexibility index (Phi) is 2.07. The molecule has 0 aromatic carbocycles. The fraction of sp³-hybridized carbons (Fsp3) is 0.667. The van der Waals surface area contributed by atoms with Crippen LogP contribution in [0.25, 0.3) is 0 Å². The van der Waals surface area contributed by atoms with Gasteiger partial charge in [-0.3, -0.25) is 0 Å². The summed E-state index contributed by atoms with van der Waals surface area (Å²) in [6.45, 7) is 0. The molecule has 1 aliphatic heterocycles. The number of aromatic nitrogens is 2. The van der Waals surface area contributed by atoms with Gasteiger partial charge in [-0.2, -0.15) is 0 Å². The van der Waals surface area contributed by atoms with Crippen molar-refractivity contribution in [1.29, 1.82) is 0 Å². The van der Waals surface area contributed by atoms with E-state index in [2.05, 4.69) is 9.97 Å². The maximum absolute atomic E-state index is 5.79. The van der Waals surface area contributed by atoms with Crippen LogP contribution in [0.4, 0.5) is 0 Å². The molecule has 1 aromatic heterocycles. The summed E-state index contributed by atoms with van der Waals surface area (Å²) in [6.07, 6.45) is 8.88. The first-order valence-corrected chi connectivity index (χ1v) is 5.24. The Balaban J connectivity index is 1.74. The van der Waals surface area contributed by atoms with Gasteiger partial charge < -0.3 is 14.3 Å². The minimum Gasteiger partial charge on any atom is -0.400 e. The zero-order chi connectivity index (χ0) is 9.38. The van der Waals surface area contributed by atoms with Gasteiger partial charge in [0.2, 0.25) is 0 Å². The Morgan fingerprint density at radius 1 is 1.29 bits per heavy atom. The lowest BCUT2D eigenvalue weighted by Gasteiger charge is -2.22. The molecular formula is C9H13BN2O2. The molecule has 14 heavy (non-hydrogen) atoms. The summed E-state index contributed by atoms with van der Waals surface area (Å²) in [4.78, 5) is 7.18. The highest BCUT2D eigenvalue weighted by molar-refractivity contribution is 6.59. The average Bonchev–Trinajstić information content (AvgIpc) is 2.86. The second kappa shape index (κ2) is 3.40. The SMILES string of the molecule is c1c[nH]c(B2O[C@H]3CCCC[C@H]3O2)n1. The number of fused-ring (bicyclic) bond motifs is 1. The van der Waals surface area contributed by atoms with Crippen molar-refractivity contribution >= 4 is 12.8 Å². The van der Waals surface area contributed by atoms with Crippen LogP contribution in [0, 0.1) is 0 Å². The third-order valence-corrected chi connectivity index (χ3v) is 2.98. The van der Waals surface area contributed by atoms with Crippen LogP contribution in [0.2, 0.25) is 0 Å². The molecule has 0 radical (unpaired) electrons. The number of nitrogens with zero attached hydrogens (tertiary/aromatic N) is 1.